The molecule has 0 bridgehead atoms. The van der Waals surface area contributed by atoms with Crippen LogP contribution in [-0.2, 0) is 0 Å². The highest BCUT2D eigenvalue weighted by Gasteiger charge is 2.16. The summed E-state index contributed by atoms with van der Waals surface area (Å²) >= 11 is 7.36. The molecular weight excluding hydrogens is 314 g/mol. The Hall–Kier alpha value is -0.170. The molecule has 0 spiro atoms. The first-order valence-corrected chi connectivity index (χ1v) is 4.70. The van der Waals surface area contributed by atoms with E-state index in [0.29, 0.717) is 3.57 Å². The monoisotopic (exact) mass is 319 g/mol. The van der Waals surface area contributed by atoms with Gasteiger partial charge in [0.2, 0.25) is 5.88 Å². The van der Waals surface area contributed by atoms with Crippen LogP contribution in [0.3, 0.4) is 0 Å². The number of nitrogens with zero attached hydrogens (tertiary/aromatic N) is 1. The van der Waals surface area contributed by atoms with Crippen LogP contribution in [0.1, 0.15) is 12.0 Å². The van der Waals surface area contributed by atoms with Crippen LogP contribution in [-0.4, -0.2) is 12.1 Å². The molecular formula is C7H5ClF2INO. The van der Waals surface area contributed by atoms with Crippen molar-refractivity contribution in [3.63, 3.8) is 0 Å². The molecule has 0 atom stereocenters. The van der Waals surface area contributed by atoms with Crippen molar-refractivity contribution in [3.05, 3.63) is 20.4 Å². The lowest BCUT2D eigenvalue weighted by Gasteiger charge is -2.06. The second kappa shape index (κ2) is 4.36. The van der Waals surface area contributed by atoms with Gasteiger partial charge >= 0.3 is 0 Å². The Morgan fingerprint density at radius 2 is 2.23 bits per heavy atom. The van der Waals surface area contributed by atoms with E-state index in [2.05, 4.69) is 4.98 Å². The minimum atomic E-state index is -2.61. The van der Waals surface area contributed by atoms with Crippen molar-refractivity contribution < 1.29 is 13.5 Å². The molecule has 0 fully saturated rings. The summed E-state index contributed by atoms with van der Waals surface area (Å²) in [7, 11) is 1.41. The molecule has 0 aliphatic carbocycles. The van der Waals surface area contributed by atoms with E-state index in [1.807, 2.05) is 22.6 Å². The van der Waals surface area contributed by atoms with Gasteiger partial charge < -0.3 is 4.74 Å². The van der Waals surface area contributed by atoms with E-state index in [1.165, 1.54) is 13.2 Å². The first kappa shape index (κ1) is 10.9. The standard InChI is InChI=1S/C7H5ClF2INO/c1-13-7-4(11)2-3(6(9)10)5(8)12-7/h2,6H,1H3. The van der Waals surface area contributed by atoms with Crippen LogP contribution in [0.25, 0.3) is 0 Å². The van der Waals surface area contributed by atoms with Gasteiger partial charge in [-0.2, -0.15) is 0 Å². The lowest BCUT2D eigenvalue weighted by Crippen LogP contribution is -1.96. The van der Waals surface area contributed by atoms with Gasteiger partial charge in [-0.15, -0.1) is 0 Å². The van der Waals surface area contributed by atoms with Gasteiger partial charge in [-0.05, 0) is 28.7 Å². The maximum atomic E-state index is 12.3. The third-order valence-corrected chi connectivity index (χ3v) is 2.43. The zero-order chi connectivity index (χ0) is 10.0. The van der Waals surface area contributed by atoms with Gasteiger partial charge in [0.1, 0.15) is 5.15 Å². The molecule has 0 aliphatic heterocycles. The average molecular weight is 319 g/mol. The normalized spacial score (nSPS) is 10.6. The van der Waals surface area contributed by atoms with Crippen molar-refractivity contribution in [2.45, 2.75) is 6.43 Å². The van der Waals surface area contributed by atoms with Gasteiger partial charge in [-0.25, -0.2) is 13.8 Å². The summed E-state index contributed by atoms with van der Waals surface area (Å²) < 4.78 is 29.9. The van der Waals surface area contributed by atoms with Gasteiger partial charge in [-0.3, -0.25) is 0 Å². The molecule has 1 rings (SSSR count). The second-order valence-electron chi connectivity index (χ2n) is 2.16. The summed E-state index contributed by atoms with van der Waals surface area (Å²) in [4.78, 5) is 3.67. The molecule has 6 heteroatoms. The Morgan fingerprint density at radius 3 is 2.69 bits per heavy atom. The van der Waals surface area contributed by atoms with E-state index >= 15 is 0 Å². The number of pyridine rings is 1. The summed E-state index contributed by atoms with van der Waals surface area (Å²) in [6, 6.07) is 1.26. The van der Waals surface area contributed by atoms with Gasteiger partial charge in [0, 0.05) is 0 Å². The highest BCUT2D eigenvalue weighted by atomic mass is 127. The zero-order valence-corrected chi connectivity index (χ0v) is 9.44. The quantitative estimate of drug-likeness (QED) is 0.616. The van der Waals surface area contributed by atoms with Gasteiger partial charge in [0.05, 0.1) is 16.2 Å². The Kier molecular flexibility index (Phi) is 3.66. The summed E-state index contributed by atoms with van der Waals surface area (Å²) in [6.45, 7) is 0. The number of halogens is 4. The predicted octanol–water partition coefficient (Wildman–Crippen LogP) is 3.29. The van der Waals surface area contributed by atoms with Crippen molar-refractivity contribution >= 4 is 34.2 Å². The van der Waals surface area contributed by atoms with E-state index in [9.17, 15) is 8.78 Å². The van der Waals surface area contributed by atoms with Crippen LogP contribution < -0.4 is 4.74 Å². The molecule has 1 aromatic rings. The lowest BCUT2D eigenvalue weighted by atomic mass is 10.3. The molecule has 0 radical (unpaired) electrons. The summed E-state index contributed by atoms with van der Waals surface area (Å²) in [5.74, 6) is 0.259. The van der Waals surface area contributed by atoms with Crippen molar-refractivity contribution in [2.24, 2.45) is 0 Å². The number of ether oxygens (including phenoxy) is 1. The largest absolute Gasteiger partial charge is 0.480 e. The Bertz CT molecular complexity index is 322. The lowest BCUT2D eigenvalue weighted by molar-refractivity contribution is 0.151. The Balaban J connectivity index is 3.20. The van der Waals surface area contributed by atoms with Crippen molar-refractivity contribution in [3.8, 4) is 5.88 Å². The molecule has 0 aromatic carbocycles. The van der Waals surface area contributed by atoms with Gasteiger partial charge in [0.25, 0.3) is 6.43 Å². The van der Waals surface area contributed by atoms with Crippen LogP contribution in [0.5, 0.6) is 5.88 Å². The smallest absolute Gasteiger partial charge is 0.266 e. The Labute approximate surface area is 92.4 Å². The number of methoxy groups -OCH3 is 1. The van der Waals surface area contributed by atoms with Crippen molar-refractivity contribution in [1.82, 2.24) is 4.98 Å². The van der Waals surface area contributed by atoms with Gasteiger partial charge in [0.15, 0.2) is 0 Å². The van der Waals surface area contributed by atoms with Crippen LogP contribution in [0.15, 0.2) is 6.07 Å². The topological polar surface area (TPSA) is 22.1 Å². The number of rotatable bonds is 2. The first-order valence-electron chi connectivity index (χ1n) is 3.24. The fourth-order valence-electron chi connectivity index (χ4n) is 0.761. The van der Waals surface area contributed by atoms with E-state index < -0.39 is 6.43 Å². The fraction of sp³-hybridized carbons (Fsp3) is 0.286. The molecule has 0 N–H and O–H groups in total. The average Bonchev–Trinajstić information content (AvgIpc) is 2.07. The third kappa shape index (κ3) is 2.40. The molecule has 0 aliphatic rings. The molecule has 1 heterocycles. The van der Waals surface area contributed by atoms with E-state index in [4.69, 9.17) is 16.3 Å². The predicted molar refractivity (Wildman–Crippen MR) is 53.5 cm³/mol. The minimum Gasteiger partial charge on any atom is -0.480 e. The molecule has 0 saturated heterocycles. The molecule has 0 amide bonds. The molecule has 0 saturated carbocycles. The SMILES string of the molecule is COc1nc(Cl)c(C(F)F)cc1I. The first-order chi connectivity index (χ1) is 6.06. The summed E-state index contributed by atoms with van der Waals surface area (Å²) in [5.41, 5.74) is -0.271. The maximum Gasteiger partial charge on any atom is 0.266 e. The molecule has 0 unspecified atom stereocenters. The van der Waals surface area contributed by atoms with Crippen LogP contribution in [0.2, 0.25) is 5.15 Å². The van der Waals surface area contributed by atoms with Gasteiger partial charge in [-0.1, -0.05) is 11.6 Å². The summed E-state index contributed by atoms with van der Waals surface area (Å²) in [5, 5.41) is -0.215. The molecule has 1 aromatic heterocycles. The highest BCUT2D eigenvalue weighted by molar-refractivity contribution is 14.1. The third-order valence-electron chi connectivity index (χ3n) is 1.35. The number of hydrogen-bond acceptors (Lipinski definition) is 2. The van der Waals surface area contributed by atoms with E-state index in [-0.39, 0.29) is 16.6 Å². The fourth-order valence-corrected chi connectivity index (χ4v) is 1.65. The maximum absolute atomic E-state index is 12.3. The number of hydrogen-bond donors (Lipinski definition) is 0. The van der Waals surface area contributed by atoms with E-state index in [0.717, 1.165) is 0 Å². The minimum absolute atomic E-state index is 0.215. The van der Waals surface area contributed by atoms with E-state index in [1.54, 1.807) is 0 Å². The van der Waals surface area contributed by atoms with Crippen LogP contribution in [0, 0.1) is 3.57 Å². The highest BCUT2D eigenvalue weighted by Crippen LogP contribution is 2.30. The summed E-state index contributed by atoms with van der Waals surface area (Å²) in [6.07, 6.45) is -2.61. The molecule has 2 nitrogen and oxygen atoms in total. The number of aromatic nitrogens is 1. The van der Waals surface area contributed by atoms with Crippen LogP contribution in [0.4, 0.5) is 8.78 Å². The van der Waals surface area contributed by atoms with Crippen molar-refractivity contribution in [2.75, 3.05) is 7.11 Å². The molecule has 13 heavy (non-hydrogen) atoms. The van der Waals surface area contributed by atoms with Crippen molar-refractivity contribution in [1.29, 1.82) is 0 Å². The Morgan fingerprint density at radius 1 is 1.62 bits per heavy atom. The molecule has 72 valence electrons. The number of alkyl halides is 2. The second-order valence-corrected chi connectivity index (χ2v) is 3.68. The van der Waals surface area contributed by atoms with Crippen LogP contribution >= 0.6 is 34.2 Å². The zero-order valence-electron chi connectivity index (χ0n) is 6.52.